The van der Waals surface area contributed by atoms with E-state index in [4.69, 9.17) is 0 Å². The van der Waals surface area contributed by atoms with Crippen LogP contribution in [0.15, 0.2) is 18.3 Å². The molecule has 14 heavy (non-hydrogen) atoms. The second-order valence-electron chi connectivity index (χ2n) is 4.19. The fourth-order valence-electron chi connectivity index (χ4n) is 1.93. The Kier molecular flexibility index (Phi) is 2.40. The Balaban J connectivity index is 1.98. The smallest absolute Gasteiger partial charge is 0.214 e. The lowest BCUT2D eigenvalue weighted by molar-refractivity contribution is 0.189. The first kappa shape index (κ1) is 9.44. The Morgan fingerprint density at radius 2 is 2.29 bits per heavy atom. The monoisotopic (exact) mass is 194 g/mol. The molecule has 76 valence electrons. The fourth-order valence-corrected chi connectivity index (χ4v) is 1.93. The lowest BCUT2D eigenvalue weighted by atomic mass is 9.71. The van der Waals surface area contributed by atoms with Gasteiger partial charge in [0, 0.05) is 24.0 Å². The molecule has 0 saturated heterocycles. The number of nitrogens with one attached hydrogen (secondary N) is 1. The summed E-state index contributed by atoms with van der Waals surface area (Å²) in [4.78, 5) is 3.52. The van der Waals surface area contributed by atoms with Gasteiger partial charge in [-0.15, -0.1) is 0 Å². The van der Waals surface area contributed by atoms with Crippen molar-refractivity contribution in [1.82, 2.24) is 4.98 Å². The summed E-state index contributed by atoms with van der Waals surface area (Å²) in [6.07, 6.45) is 2.66. The van der Waals surface area contributed by atoms with Gasteiger partial charge in [0.2, 0.25) is 5.95 Å². The number of halogens is 1. The molecule has 1 aliphatic carbocycles. The van der Waals surface area contributed by atoms with Gasteiger partial charge in [-0.3, -0.25) is 0 Å². The number of rotatable bonds is 2. The minimum Gasteiger partial charge on any atom is -0.382 e. The summed E-state index contributed by atoms with van der Waals surface area (Å²) in [6.45, 7) is 4.47. The van der Waals surface area contributed by atoms with E-state index in [2.05, 4.69) is 24.1 Å². The van der Waals surface area contributed by atoms with Crippen LogP contribution in [0.2, 0.25) is 0 Å². The van der Waals surface area contributed by atoms with Gasteiger partial charge in [0.05, 0.1) is 0 Å². The van der Waals surface area contributed by atoms with Crippen molar-refractivity contribution in [3.63, 3.8) is 0 Å². The molecule has 0 bridgehead atoms. The topological polar surface area (TPSA) is 24.9 Å². The second kappa shape index (κ2) is 3.56. The minimum absolute atomic E-state index is 0.421. The number of hydrogen-bond donors (Lipinski definition) is 1. The van der Waals surface area contributed by atoms with Crippen molar-refractivity contribution in [3.8, 4) is 0 Å². The molecular formula is C11H15FN2. The largest absolute Gasteiger partial charge is 0.382 e. The first-order valence-corrected chi connectivity index (χ1v) is 5.05. The third-order valence-electron chi connectivity index (χ3n) is 3.24. The quantitative estimate of drug-likeness (QED) is 0.732. The van der Waals surface area contributed by atoms with Crippen LogP contribution in [0.4, 0.5) is 10.1 Å². The van der Waals surface area contributed by atoms with E-state index < -0.39 is 5.95 Å². The highest BCUT2D eigenvalue weighted by atomic mass is 19.1. The van der Waals surface area contributed by atoms with E-state index in [1.165, 1.54) is 18.7 Å². The summed E-state index contributed by atoms with van der Waals surface area (Å²) in [7, 11) is 0. The van der Waals surface area contributed by atoms with E-state index in [0.717, 1.165) is 11.6 Å². The molecular weight excluding hydrogens is 179 g/mol. The standard InChI is InChI=1S/C11H15FN2/c1-7-5-10(8(7)2)14-9-3-4-13-11(12)6-9/h3-4,6-8,10H,5H2,1-2H3,(H,13,14). The summed E-state index contributed by atoms with van der Waals surface area (Å²) >= 11 is 0. The Labute approximate surface area is 83.6 Å². The number of anilines is 1. The lowest BCUT2D eigenvalue weighted by Crippen LogP contribution is -2.43. The molecule has 0 spiro atoms. The molecule has 1 aromatic heterocycles. The molecule has 3 unspecified atom stereocenters. The maximum absolute atomic E-state index is 12.8. The SMILES string of the molecule is CC1CC(Nc2ccnc(F)c2)C1C. The molecule has 1 N–H and O–H groups in total. The van der Waals surface area contributed by atoms with Gasteiger partial charge in [-0.1, -0.05) is 13.8 Å². The zero-order chi connectivity index (χ0) is 10.1. The van der Waals surface area contributed by atoms with Gasteiger partial charge in [-0.05, 0) is 24.3 Å². The van der Waals surface area contributed by atoms with Crippen LogP contribution in [0, 0.1) is 17.8 Å². The molecule has 0 aromatic carbocycles. The van der Waals surface area contributed by atoms with Crippen molar-refractivity contribution in [2.24, 2.45) is 11.8 Å². The number of pyridine rings is 1. The molecule has 1 aromatic rings. The summed E-state index contributed by atoms with van der Waals surface area (Å²) in [5.41, 5.74) is 0.834. The predicted octanol–water partition coefficient (Wildman–Crippen LogP) is 2.68. The summed E-state index contributed by atoms with van der Waals surface area (Å²) in [6, 6.07) is 3.74. The van der Waals surface area contributed by atoms with Crippen LogP contribution in [0.3, 0.4) is 0 Å². The Hall–Kier alpha value is -1.12. The zero-order valence-electron chi connectivity index (χ0n) is 8.50. The van der Waals surface area contributed by atoms with Gasteiger partial charge in [0.1, 0.15) is 0 Å². The van der Waals surface area contributed by atoms with E-state index in [9.17, 15) is 4.39 Å². The fraction of sp³-hybridized carbons (Fsp3) is 0.545. The van der Waals surface area contributed by atoms with Gasteiger partial charge in [-0.2, -0.15) is 4.39 Å². The van der Waals surface area contributed by atoms with Crippen molar-refractivity contribution >= 4 is 5.69 Å². The van der Waals surface area contributed by atoms with Crippen LogP contribution < -0.4 is 5.32 Å². The molecule has 0 amide bonds. The molecule has 2 rings (SSSR count). The van der Waals surface area contributed by atoms with Gasteiger partial charge >= 0.3 is 0 Å². The second-order valence-corrected chi connectivity index (χ2v) is 4.19. The molecule has 0 aliphatic heterocycles. The van der Waals surface area contributed by atoms with Gasteiger partial charge in [0.15, 0.2) is 0 Å². The average molecular weight is 194 g/mol. The normalized spacial score (nSPS) is 30.9. The van der Waals surface area contributed by atoms with E-state index in [1.807, 2.05) is 0 Å². The predicted molar refractivity (Wildman–Crippen MR) is 54.6 cm³/mol. The van der Waals surface area contributed by atoms with Crippen LogP contribution in [-0.4, -0.2) is 11.0 Å². The van der Waals surface area contributed by atoms with Crippen LogP contribution in [0.1, 0.15) is 20.3 Å². The van der Waals surface area contributed by atoms with Gasteiger partial charge < -0.3 is 5.32 Å². The molecule has 0 radical (unpaired) electrons. The Morgan fingerprint density at radius 1 is 1.50 bits per heavy atom. The molecule has 1 heterocycles. The third-order valence-corrected chi connectivity index (χ3v) is 3.24. The van der Waals surface area contributed by atoms with E-state index in [1.54, 1.807) is 6.07 Å². The molecule has 3 heteroatoms. The summed E-state index contributed by atoms with van der Waals surface area (Å²) in [5, 5.41) is 3.32. The van der Waals surface area contributed by atoms with E-state index in [-0.39, 0.29) is 0 Å². The first-order valence-electron chi connectivity index (χ1n) is 5.05. The number of aromatic nitrogens is 1. The van der Waals surface area contributed by atoms with Crippen molar-refractivity contribution in [1.29, 1.82) is 0 Å². The summed E-state index contributed by atoms with van der Waals surface area (Å²) < 4.78 is 12.8. The van der Waals surface area contributed by atoms with Gasteiger partial charge in [0.25, 0.3) is 0 Å². The average Bonchev–Trinajstić information content (AvgIpc) is 2.17. The molecule has 3 atom stereocenters. The highest BCUT2D eigenvalue weighted by Crippen LogP contribution is 2.35. The number of hydrogen-bond acceptors (Lipinski definition) is 2. The summed E-state index contributed by atoms with van der Waals surface area (Å²) in [5.74, 6) is 1.03. The highest BCUT2D eigenvalue weighted by molar-refractivity contribution is 5.43. The zero-order valence-corrected chi connectivity index (χ0v) is 8.50. The van der Waals surface area contributed by atoms with Crippen molar-refractivity contribution < 1.29 is 4.39 Å². The highest BCUT2D eigenvalue weighted by Gasteiger charge is 2.33. The van der Waals surface area contributed by atoms with Crippen LogP contribution in [0.25, 0.3) is 0 Å². The molecule has 1 saturated carbocycles. The van der Waals surface area contributed by atoms with Crippen molar-refractivity contribution in [3.05, 3.63) is 24.3 Å². The molecule has 1 fully saturated rings. The molecule has 1 aliphatic rings. The maximum Gasteiger partial charge on any atom is 0.214 e. The Bertz CT molecular complexity index is 327. The maximum atomic E-state index is 12.8. The van der Waals surface area contributed by atoms with Crippen molar-refractivity contribution in [2.75, 3.05) is 5.32 Å². The first-order chi connectivity index (χ1) is 6.66. The van der Waals surface area contributed by atoms with Crippen molar-refractivity contribution in [2.45, 2.75) is 26.3 Å². The van der Waals surface area contributed by atoms with E-state index in [0.29, 0.717) is 12.0 Å². The van der Waals surface area contributed by atoms with Crippen LogP contribution in [-0.2, 0) is 0 Å². The van der Waals surface area contributed by atoms with Gasteiger partial charge in [-0.25, -0.2) is 4.98 Å². The third kappa shape index (κ3) is 1.72. The number of nitrogens with zero attached hydrogens (tertiary/aromatic N) is 1. The molecule has 2 nitrogen and oxygen atoms in total. The van der Waals surface area contributed by atoms with Crippen LogP contribution in [0.5, 0.6) is 0 Å². The van der Waals surface area contributed by atoms with Crippen LogP contribution >= 0.6 is 0 Å². The minimum atomic E-state index is -0.421. The van der Waals surface area contributed by atoms with E-state index >= 15 is 0 Å². The lowest BCUT2D eigenvalue weighted by Gasteiger charge is -2.41. The Morgan fingerprint density at radius 3 is 2.86 bits per heavy atom.